The van der Waals surface area contributed by atoms with Crippen LogP contribution in [-0.2, 0) is 19.4 Å². The molecule has 2 amide bonds. The predicted molar refractivity (Wildman–Crippen MR) is 121 cm³/mol. The van der Waals surface area contributed by atoms with E-state index >= 15 is 0 Å². The van der Waals surface area contributed by atoms with Gasteiger partial charge < -0.3 is 19.5 Å². The summed E-state index contributed by atoms with van der Waals surface area (Å²) in [5.74, 6) is 0.590. The maximum atomic E-state index is 13.5. The third-order valence-electron chi connectivity index (χ3n) is 6.15. The van der Waals surface area contributed by atoms with Crippen molar-refractivity contribution in [3.63, 3.8) is 0 Å². The summed E-state index contributed by atoms with van der Waals surface area (Å²) in [5.41, 5.74) is 4.45. The van der Waals surface area contributed by atoms with Crippen LogP contribution in [0.3, 0.4) is 0 Å². The second-order valence-corrected chi connectivity index (χ2v) is 9.40. The highest BCUT2D eigenvalue weighted by Gasteiger charge is 2.33. The number of amides is 2. The summed E-state index contributed by atoms with van der Waals surface area (Å²) < 4.78 is 7.68. The van der Waals surface area contributed by atoms with Gasteiger partial charge in [-0.05, 0) is 68.5 Å². The minimum atomic E-state index is -0.153. The molecule has 1 aliphatic heterocycles. The van der Waals surface area contributed by atoms with Crippen molar-refractivity contribution in [2.75, 3.05) is 12.4 Å². The normalized spacial score (nSPS) is 17.6. The molecule has 1 atom stereocenters. The number of fused-ring (bicyclic) bond motifs is 5. The largest absolute Gasteiger partial charge is 0.495 e. The van der Waals surface area contributed by atoms with E-state index in [2.05, 4.69) is 35.1 Å². The lowest BCUT2D eigenvalue weighted by Gasteiger charge is -2.28. The Morgan fingerprint density at radius 1 is 1.23 bits per heavy atom. The fourth-order valence-electron chi connectivity index (χ4n) is 4.57. The second kappa shape index (κ2) is 7.67. The first-order valence-electron chi connectivity index (χ1n) is 10.3. The summed E-state index contributed by atoms with van der Waals surface area (Å²) in [4.78, 5) is 16.9. The molecule has 0 bridgehead atoms. The molecule has 2 aromatic heterocycles. The molecular formula is C23H24ClN3O2S. The molecule has 0 unspecified atom stereocenters. The molecule has 30 heavy (non-hydrogen) atoms. The van der Waals surface area contributed by atoms with Gasteiger partial charge in [-0.15, -0.1) is 11.3 Å². The van der Waals surface area contributed by atoms with E-state index in [1.165, 1.54) is 33.8 Å². The molecule has 0 saturated heterocycles. The number of urea groups is 1. The van der Waals surface area contributed by atoms with Gasteiger partial charge in [-0.3, -0.25) is 0 Å². The van der Waals surface area contributed by atoms with Crippen LogP contribution < -0.4 is 10.1 Å². The molecule has 2 aliphatic rings. The van der Waals surface area contributed by atoms with Gasteiger partial charge >= 0.3 is 6.03 Å². The first kappa shape index (κ1) is 19.5. The van der Waals surface area contributed by atoms with Crippen LogP contribution in [0, 0.1) is 0 Å². The van der Waals surface area contributed by atoms with Gasteiger partial charge in [-0.2, -0.15) is 0 Å². The number of aromatic nitrogens is 1. The van der Waals surface area contributed by atoms with Gasteiger partial charge in [0.2, 0.25) is 0 Å². The van der Waals surface area contributed by atoms with Crippen LogP contribution in [-0.4, -0.2) is 22.6 Å². The minimum Gasteiger partial charge on any atom is -0.495 e. The maximum absolute atomic E-state index is 13.5. The number of carbonyl (C=O) groups is 1. The number of hydrogen-bond donors (Lipinski definition) is 1. The second-order valence-electron chi connectivity index (χ2n) is 7.88. The number of anilines is 1. The van der Waals surface area contributed by atoms with Gasteiger partial charge in [0.25, 0.3) is 0 Å². The highest BCUT2D eigenvalue weighted by molar-refractivity contribution is 7.15. The number of aryl methyl sites for hydroxylation is 1. The van der Waals surface area contributed by atoms with Crippen molar-refractivity contribution in [3.05, 3.63) is 63.2 Å². The van der Waals surface area contributed by atoms with E-state index in [-0.39, 0.29) is 12.1 Å². The Bertz CT molecular complexity index is 1120. The Hall–Kier alpha value is -2.44. The average molecular weight is 442 g/mol. The highest BCUT2D eigenvalue weighted by atomic mass is 35.5. The zero-order valence-electron chi connectivity index (χ0n) is 17.1. The van der Waals surface area contributed by atoms with E-state index in [0.29, 0.717) is 23.0 Å². The lowest BCUT2D eigenvalue weighted by molar-refractivity contribution is 0.189. The van der Waals surface area contributed by atoms with E-state index < -0.39 is 0 Å². The Kier molecular flexibility index (Phi) is 4.99. The Morgan fingerprint density at radius 3 is 2.90 bits per heavy atom. The molecular weight excluding hydrogens is 418 g/mol. The maximum Gasteiger partial charge on any atom is 0.322 e. The summed E-state index contributed by atoms with van der Waals surface area (Å²) in [6, 6.07) is 9.20. The molecule has 1 aromatic carbocycles. The van der Waals surface area contributed by atoms with Crippen LogP contribution in [0.5, 0.6) is 5.75 Å². The number of carbonyl (C=O) groups excluding carboxylic acids is 1. The Morgan fingerprint density at radius 2 is 2.07 bits per heavy atom. The predicted octanol–water partition coefficient (Wildman–Crippen LogP) is 6.19. The van der Waals surface area contributed by atoms with E-state index in [1.54, 1.807) is 25.3 Å². The van der Waals surface area contributed by atoms with Crippen molar-refractivity contribution >= 4 is 34.7 Å². The van der Waals surface area contributed by atoms with Crippen LogP contribution in [0.15, 0.2) is 36.5 Å². The first-order valence-corrected chi connectivity index (χ1v) is 11.5. The summed E-state index contributed by atoms with van der Waals surface area (Å²) in [7, 11) is 1.59. The fraction of sp³-hybridized carbons (Fsp3) is 0.348. The summed E-state index contributed by atoms with van der Waals surface area (Å²) in [5, 5.41) is 4.85. The highest BCUT2D eigenvalue weighted by Crippen LogP contribution is 2.42. The molecule has 0 spiro atoms. The van der Waals surface area contributed by atoms with Crippen molar-refractivity contribution in [2.24, 2.45) is 0 Å². The monoisotopic (exact) mass is 441 g/mol. The molecule has 156 valence electrons. The van der Waals surface area contributed by atoms with Crippen molar-refractivity contribution in [2.45, 2.75) is 45.2 Å². The van der Waals surface area contributed by atoms with E-state index in [1.807, 2.05) is 16.2 Å². The molecule has 7 heteroatoms. The zero-order chi connectivity index (χ0) is 20.8. The lowest BCUT2D eigenvalue weighted by Crippen LogP contribution is -2.36. The number of halogens is 1. The number of hydrogen-bond acceptors (Lipinski definition) is 3. The molecule has 0 fully saturated rings. The van der Waals surface area contributed by atoms with E-state index in [4.69, 9.17) is 16.3 Å². The van der Waals surface area contributed by atoms with Crippen molar-refractivity contribution in [1.29, 1.82) is 0 Å². The molecule has 1 N–H and O–H groups in total. The van der Waals surface area contributed by atoms with Crippen molar-refractivity contribution < 1.29 is 9.53 Å². The standard InChI is InChI=1S/C23H24ClN3O2S/c1-14-19-7-5-11-26(19)22-17(16-6-3-4-8-21(16)30-22)13-27(14)23(28)25-18-12-15(24)9-10-20(18)29-2/h5,7,9-12,14H,3-4,6,8,13H2,1-2H3,(H,25,28)/t14-/m1/s1. The minimum absolute atomic E-state index is 0.0657. The van der Waals surface area contributed by atoms with Crippen LogP contribution >= 0.6 is 22.9 Å². The molecule has 5 nitrogen and oxygen atoms in total. The summed E-state index contributed by atoms with van der Waals surface area (Å²) >= 11 is 8.05. The van der Waals surface area contributed by atoms with E-state index in [0.717, 1.165) is 18.5 Å². The average Bonchev–Trinajstić information content (AvgIpc) is 3.34. The van der Waals surface area contributed by atoms with Crippen LogP contribution in [0.1, 0.15) is 47.5 Å². The van der Waals surface area contributed by atoms with Crippen LogP contribution in [0.2, 0.25) is 5.02 Å². The van der Waals surface area contributed by atoms with Gasteiger partial charge in [0.15, 0.2) is 0 Å². The van der Waals surface area contributed by atoms with Gasteiger partial charge in [0.1, 0.15) is 10.8 Å². The molecule has 0 saturated carbocycles. The van der Waals surface area contributed by atoms with Gasteiger partial charge in [-0.1, -0.05) is 11.6 Å². The zero-order valence-corrected chi connectivity index (χ0v) is 18.6. The van der Waals surface area contributed by atoms with E-state index in [9.17, 15) is 4.79 Å². The first-order chi connectivity index (χ1) is 14.6. The molecule has 3 heterocycles. The topological polar surface area (TPSA) is 46.5 Å². The fourth-order valence-corrected chi connectivity index (χ4v) is 6.15. The number of nitrogens with one attached hydrogen (secondary N) is 1. The molecule has 5 rings (SSSR count). The smallest absolute Gasteiger partial charge is 0.322 e. The SMILES string of the molecule is COc1ccc(Cl)cc1NC(=O)N1Cc2c(sc3c2CCCC3)-n2cccc2[C@H]1C. The number of thiophene rings is 1. The molecule has 0 radical (unpaired) electrons. The molecule has 1 aliphatic carbocycles. The number of ether oxygens (including phenoxy) is 1. The van der Waals surface area contributed by atoms with Gasteiger partial charge in [0, 0.05) is 27.4 Å². The van der Waals surface area contributed by atoms with Crippen molar-refractivity contribution in [3.8, 4) is 10.8 Å². The number of rotatable bonds is 2. The number of nitrogens with zero attached hydrogens (tertiary/aromatic N) is 2. The van der Waals surface area contributed by atoms with Crippen LogP contribution in [0.4, 0.5) is 10.5 Å². The van der Waals surface area contributed by atoms with Gasteiger partial charge in [0.05, 0.1) is 25.4 Å². The van der Waals surface area contributed by atoms with Crippen LogP contribution in [0.25, 0.3) is 5.00 Å². The lowest BCUT2D eigenvalue weighted by atomic mass is 9.95. The third kappa shape index (κ3) is 3.19. The van der Waals surface area contributed by atoms with Gasteiger partial charge in [-0.25, -0.2) is 4.79 Å². The van der Waals surface area contributed by atoms with Crippen molar-refractivity contribution in [1.82, 2.24) is 9.47 Å². The quantitative estimate of drug-likeness (QED) is 0.515. The summed E-state index contributed by atoms with van der Waals surface area (Å²) in [6.07, 6.45) is 6.83. The Labute approximate surface area is 185 Å². The summed E-state index contributed by atoms with van der Waals surface area (Å²) in [6.45, 7) is 2.68. The molecule has 3 aromatic rings. The number of benzene rings is 1. The number of methoxy groups -OCH3 is 1. The Balaban J connectivity index is 1.54. The third-order valence-corrected chi connectivity index (χ3v) is 7.72.